The zero-order valence-corrected chi connectivity index (χ0v) is 16.9. The van der Waals surface area contributed by atoms with Gasteiger partial charge in [-0.2, -0.15) is 4.98 Å². The molecule has 1 aliphatic carbocycles. The summed E-state index contributed by atoms with van der Waals surface area (Å²) in [6.07, 6.45) is 2.03. The number of nitrogens with zero attached hydrogens (tertiary/aromatic N) is 2. The first kappa shape index (κ1) is 18.9. The van der Waals surface area contributed by atoms with Gasteiger partial charge in [0.05, 0.1) is 31.8 Å². The number of carbonyl (C=O) groups is 1. The van der Waals surface area contributed by atoms with Crippen LogP contribution in [0.4, 0.5) is 11.8 Å². The van der Waals surface area contributed by atoms with Crippen molar-refractivity contribution in [2.75, 3.05) is 43.6 Å². The van der Waals surface area contributed by atoms with E-state index in [0.29, 0.717) is 61.4 Å². The van der Waals surface area contributed by atoms with E-state index in [1.165, 1.54) is 0 Å². The molecule has 2 N–H and O–H groups in total. The Labute approximate surface area is 173 Å². The smallest absolute Gasteiger partial charge is 0.258 e. The van der Waals surface area contributed by atoms with Gasteiger partial charge in [0.2, 0.25) is 5.95 Å². The lowest BCUT2D eigenvalue weighted by Crippen LogP contribution is -2.40. The summed E-state index contributed by atoms with van der Waals surface area (Å²) >= 11 is 0. The highest BCUT2D eigenvalue weighted by molar-refractivity contribution is 6.01. The first-order valence-electron chi connectivity index (χ1n) is 10.3. The van der Waals surface area contributed by atoms with E-state index in [9.17, 15) is 9.59 Å². The first-order valence-corrected chi connectivity index (χ1v) is 10.3. The fraction of sp³-hybridized carbons (Fsp3) is 0.409. The number of methoxy groups -OCH3 is 1. The number of ketones is 1. The molecule has 0 saturated carbocycles. The first-order chi connectivity index (χ1) is 14.7. The van der Waals surface area contributed by atoms with E-state index in [-0.39, 0.29) is 11.3 Å². The lowest BCUT2D eigenvalue weighted by molar-refractivity contribution is -0.116. The molecule has 0 radical (unpaired) electrons. The van der Waals surface area contributed by atoms with E-state index in [1.807, 2.05) is 29.2 Å². The van der Waals surface area contributed by atoms with Crippen LogP contribution in [0.25, 0.3) is 0 Å². The minimum atomic E-state index is -0.504. The Morgan fingerprint density at radius 2 is 1.97 bits per heavy atom. The number of para-hydroxylation sites is 1. The largest absolute Gasteiger partial charge is 0.496 e. The maximum Gasteiger partial charge on any atom is 0.258 e. The van der Waals surface area contributed by atoms with Crippen molar-refractivity contribution in [2.24, 2.45) is 0 Å². The minimum absolute atomic E-state index is 0.0713. The summed E-state index contributed by atoms with van der Waals surface area (Å²) < 4.78 is 11.0. The van der Waals surface area contributed by atoms with Gasteiger partial charge >= 0.3 is 0 Å². The van der Waals surface area contributed by atoms with Crippen LogP contribution in [0.15, 0.2) is 40.3 Å². The van der Waals surface area contributed by atoms with Gasteiger partial charge in [0, 0.05) is 36.3 Å². The van der Waals surface area contributed by atoms with Crippen molar-refractivity contribution in [3.63, 3.8) is 0 Å². The zero-order valence-electron chi connectivity index (χ0n) is 16.9. The van der Waals surface area contributed by atoms with Crippen LogP contribution in [0.5, 0.6) is 5.75 Å². The van der Waals surface area contributed by atoms with E-state index in [1.54, 1.807) is 7.11 Å². The van der Waals surface area contributed by atoms with Crippen LogP contribution in [0, 0.1) is 0 Å². The lowest BCUT2D eigenvalue weighted by Gasteiger charge is -2.34. The SMILES string of the molecule is COc1ccccc1C1C2=C(CCCC2=O)Nc2nc(N3CCOCC3)[nH]c(=O)c21. The Morgan fingerprint density at radius 3 is 2.77 bits per heavy atom. The number of carbonyl (C=O) groups excluding carboxylic acids is 1. The molecule has 1 aromatic carbocycles. The Morgan fingerprint density at radius 1 is 1.17 bits per heavy atom. The molecule has 8 heteroatoms. The molecule has 2 aliphatic heterocycles. The molecule has 30 heavy (non-hydrogen) atoms. The van der Waals surface area contributed by atoms with Crippen LogP contribution in [0.2, 0.25) is 0 Å². The number of hydrogen-bond acceptors (Lipinski definition) is 7. The van der Waals surface area contributed by atoms with Crippen LogP contribution in [0.3, 0.4) is 0 Å². The van der Waals surface area contributed by atoms with Gasteiger partial charge in [-0.1, -0.05) is 18.2 Å². The van der Waals surface area contributed by atoms with Gasteiger partial charge in [-0.15, -0.1) is 0 Å². The van der Waals surface area contributed by atoms with Crippen molar-refractivity contribution in [3.05, 3.63) is 57.0 Å². The van der Waals surface area contributed by atoms with Crippen LogP contribution < -0.4 is 20.5 Å². The molecule has 5 rings (SSSR count). The van der Waals surface area contributed by atoms with Gasteiger partial charge in [0.1, 0.15) is 11.6 Å². The quantitative estimate of drug-likeness (QED) is 0.804. The summed E-state index contributed by atoms with van der Waals surface area (Å²) in [7, 11) is 1.60. The predicted molar refractivity (Wildman–Crippen MR) is 112 cm³/mol. The molecular weight excluding hydrogens is 384 g/mol. The van der Waals surface area contributed by atoms with Crippen molar-refractivity contribution in [1.29, 1.82) is 0 Å². The average molecular weight is 408 g/mol. The number of hydrogen-bond donors (Lipinski definition) is 2. The second kappa shape index (κ2) is 7.60. The summed E-state index contributed by atoms with van der Waals surface area (Å²) in [5.41, 5.74) is 2.54. The molecule has 1 fully saturated rings. The molecule has 0 bridgehead atoms. The third kappa shape index (κ3) is 3.08. The van der Waals surface area contributed by atoms with Gasteiger partial charge in [-0.3, -0.25) is 14.6 Å². The summed E-state index contributed by atoms with van der Waals surface area (Å²) in [6.45, 7) is 2.54. The number of morpholine rings is 1. The van der Waals surface area contributed by atoms with E-state index >= 15 is 0 Å². The Balaban J connectivity index is 1.70. The normalized spacial score (nSPS) is 21.0. The standard InChI is InChI=1S/C22H24N4O4/c1-29-16-8-3-2-5-13(16)17-18-14(6-4-7-15(18)27)23-20-19(17)21(28)25-22(24-20)26-9-11-30-12-10-26/h2-3,5,8,17H,4,6-7,9-12H2,1H3,(H2,23,24,25,28). The number of H-pyrrole nitrogens is 1. The number of Topliss-reactive ketones (excluding diaryl/α,β-unsaturated/α-hetero) is 1. The lowest BCUT2D eigenvalue weighted by atomic mass is 9.76. The molecule has 1 atom stereocenters. The Hall–Kier alpha value is -3.13. The van der Waals surface area contributed by atoms with Gasteiger partial charge in [-0.25, -0.2) is 0 Å². The number of aromatic nitrogens is 2. The Bertz CT molecular complexity index is 1080. The summed E-state index contributed by atoms with van der Waals surface area (Å²) in [5.74, 6) is 1.26. The second-order valence-electron chi connectivity index (χ2n) is 7.72. The van der Waals surface area contributed by atoms with Crippen molar-refractivity contribution in [1.82, 2.24) is 9.97 Å². The maximum atomic E-state index is 13.3. The molecule has 0 amide bonds. The Kier molecular flexibility index (Phi) is 4.78. The molecule has 1 unspecified atom stereocenters. The van der Waals surface area contributed by atoms with Crippen molar-refractivity contribution in [2.45, 2.75) is 25.2 Å². The molecule has 3 heterocycles. The van der Waals surface area contributed by atoms with Gasteiger partial charge in [-0.05, 0) is 18.9 Å². The van der Waals surface area contributed by atoms with Crippen molar-refractivity contribution < 1.29 is 14.3 Å². The molecule has 2 aromatic rings. The molecule has 156 valence electrons. The number of rotatable bonds is 3. The van der Waals surface area contributed by atoms with Crippen LogP contribution in [-0.2, 0) is 9.53 Å². The van der Waals surface area contributed by atoms with Gasteiger partial charge in [0.15, 0.2) is 5.78 Å². The highest BCUT2D eigenvalue weighted by Gasteiger charge is 2.39. The third-order valence-corrected chi connectivity index (χ3v) is 6.01. The zero-order chi connectivity index (χ0) is 20.7. The second-order valence-corrected chi connectivity index (χ2v) is 7.72. The molecular formula is C22H24N4O4. The summed E-state index contributed by atoms with van der Waals surface area (Å²) in [5, 5.41) is 3.32. The summed E-state index contributed by atoms with van der Waals surface area (Å²) in [6, 6.07) is 7.55. The van der Waals surface area contributed by atoms with E-state index < -0.39 is 5.92 Å². The summed E-state index contributed by atoms with van der Waals surface area (Å²) in [4.78, 5) is 36.0. The highest BCUT2D eigenvalue weighted by atomic mass is 16.5. The number of nitrogens with one attached hydrogen (secondary N) is 2. The van der Waals surface area contributed by atoms with E-state index in [4.69, 9.17) is 14.5 Å². The molecule has 1 saturated heterocycles. The number of anilines is 2. The van der Waals surface area contributed by atoms with Crippen LogP contribution >= 0.6 is 0 Å². The van der Waals surface area contributed by atoms with E-state index in [2.05, 4.69) is 10.3 Å². The minimum Gasteiger partial charge on any atom is -0.496 e. The van der Waals surface area contributed by atoms with Crippen molar-refractivity contribution in [3.8, 4) is 5.75 Å². The van der Waals surface area contributed by atoms with E-state index in [0.717, 1.165) is 24.1 Å². The third-order valence-electron chi connectivity index (χ3n) is 6.01. The number of aromatic amines is 1. The van der Waals surface area contributed by atoms with Crippen LogP contribution in [-0.4, -0.2) is 49.2 Å². The van der Waals surface area contributed by atoms with Crippen molar-refractivity contribution >= 4 is 17.5 Å². The number of fused-ring (bicyclic) bond motifs is 1. The molecule has 0 spiro atoms. The number of ether oxygens (including phenoxy) is 2. The molecule has 1 aromatic heterocycles. The highest BCUT2D eigenvalue weighted by Crippen LogP contribution is 2.45. The fourth-order valence-electron chi connectivity index (χ4n) is 4.59. The fourth-order valence-corrected chi connectivity index (χ4v) is 4.59. The van der Waals surface area contributed by atoms with Gasteiger partial charge < -0.3 is 19.7 Å². The maximum absolute atomic E-state index is 13.3. The number of allylic oxidation sites excluding steroid dienone is 2. The predicted octanol–water partition coefficient (Wildman–Crippen LogP) is 2.18. The topological polar surface area (TPSA) is 96.5 Å². The molecule has 8 nitrogen and oxygen atoms in total. The monoisotopic (exact) mass is 408 g/mol. The van der Waals surface area contributed by atoms with Crippen LogP contribution in [0.1, 0.15) is 36.3 Å². The number of benzene rings is 1. The molecule has 3 aliphatic rings. The van der Waals surface area contributed by atoms with Gasteiger partial charge in [0.25, 0.3) is 5.56 Å². The average Bonchev–Trinajstić information content (AvgIpc) is 2.78.